The summed E-state index contributed by atoms with van der Waals surface area (Å²) in [6.45, 7) is 2.94. The third kappa shape index (κ3) is 3.97. The molecule has 0 radical (unpaired) electrons. The highest BCUT2D eigenvalue weighted by atomic mass is 16.5. The van der Waals surface area contributed by atoms with E-state index >= 15 is 0 Å². The highest BCUT2D eigenvalue weighted by Gasteiger charge is 2.23. The highest BCUT2D eigenvalue weighted by molar-refractivity contribution is 5.30. The van der Waals surface area contributed by atoms with Crippen molar-refractivity contribution in [1.29, 1.82) is 0 Å². The van der Waals surface area contributed by atoms with Gasteiger partial charge in [0.2, 0.25) is 0 Å². The van der Waals surface area contributed by atoms with Gasteiger partial charge in [0.15, 0.2) is 0 Å². The van der Waals surface area contributed by atoms with Crippen LogP contribution in [0.4, 0.5) is 0 Å². The van der Waals surface area contributed by atoms with Crippen LogP contribution in [0.25, 0.3) is 0 Å². The van der Waals surface area contributed by atoms with Crippen LogP contribution in [0.15, 0.2) is 24.3 Å². The zero-order valence-corrected chi connectivity index (χ0v) is 12.7. The lowest BCUT2D eigenvalue weighted by Gasteiger charge is -2.25. The summed E-state index contributed by atoms with van der Waals surface area (Å²) in [6, 6.07) is 8.10. The molecule has 112 valence electrons. The fourth-order valence-corrected chi connectivity index (χ4v) is 2.92. The molecule has 1 aliphatic rings. The number of nitrogens with two attached hydrogens (primary N) is 1. The Morgan fingerprint density at radius 1 is 1.30 bits per heavy atom. The highest BCUT2D eigenvalue weighted by Crippen LogP contribution is 2.30. The summed E-state index contributed by atoms with van der Waals surface area (Å²) in [5.74, 6) is 1.58. The first-order chi connectivity index (χ1) is 9.74. The Morgan fingerprint density at radius 2 is 2.05 bits per heavy atom. The second-order valence-electron chi connectivity index (χ2n) is 5.75. The molecule has 0 aromatic heterocycles. The van der Waals surface area contributed by atoms with Crippen LogP contribution in [0.1, 0.15) is 50.7 Å². The van der Waals surface area contributed by atoms with Gasteiger partial charge in [0, 0.05) is 6.04 Å². The lowest BCUT2D eigenvalue weighted by molar-refractivity contribution is 0.0126. The first-order valence-corrected chi connectivity index (χ1v) is 7.75. The van der Waals surface area contributed by atoms with Crippen molar-refractivity contribution in [3.8, 4) is 5.75 Å². The summed E-state index contributed by atoms with van der Waals surface area (Å²) in [7, 11) is 1.69. The fraction of sp³-hybridized carbons (Fsp3) is 0.647. The van der Waals surface area contributed by atoms with Crippen LogP contribution >= 0.6 is 0 Å². The van der Waals surface area contributed by atoms with Crippen molar-refractivity contribution < 1.29 is 9.47 Å². The molecule has 2 rings (SSSR count). The molecule has 1 aliphatic carbocycles. The number of benzene rings is 1. The first kappa shape index (κ1) is 15.3. The van der Waals surface area contributed by atoms with Crippen molar-refractivity contribution in [1.82, 2.24) is 0 Å². The van der Waals surface area contributed by atoms with Crippen LogP contribution in [0, 0.1) is 5.92 Å². The zero-order valence-electron chi connectivity index (χ0n) is 12.7. The number of hydrogen-bond donors (Lipinski definition) is 1. The molecule has 0 bridgehead atoms. The van der Waals surface area contributed by atoms with E-state index in [9.17, 15) is 0 Å². The second kappa shape index (κ2) is 7.65. The van der Waals surface area contributed by atoms with Crippen LogP contribution in [-0.4, -0.2) is 19.8 Å². The smallest absolute Gasteiger partial charge is 0.119 e. The third-order valence-corrected chi connectivity index (χ3v) is 4.27. The predicted octanol–water partition coefficient (Wildman–Crippen LogP) is 3.68. The summed E-state index contributed by atoms with van der Waals surface area (Å²) >= 11 is 0. The maximum atomic E-state index is 6.26. The summed E-state index contributed by atoms with van der Waals surface area (Å²) < 4.78 is 11.5. The Labute approximate surface area is 122 Å². The van der Waals surface area contributed by atoms with Crippen molar-refractivity contribution in [2.24, 2.45) is 11.7 Å². The molecule has 2 atom stereocenters. The van der Waals surface area contributed by atoms with Gasteiger partial charge in [0.05, 0.1) is 19.8 Å². The molecule has 1 fully saturated rings. The Morgan fingerprint density at radius 3 is 2.70 bits per heavy atom. The molecule has 0 aliphatic heterocycles. The van der Waals surface area contributed by atoms with Gasteiger partial charge in [-0.15, -0.1) is 0 Å². The molecule has 1 aromatic rings. The number of hydrogen-bond acceptors (Lipinski definition) is 3. The maximum absolute atomic E-state index is 6.26. The van der Waals surface area contributed by atoms with Gasteiger partial charge >= 0.3 is 0 Å². The van der Waals surface area contributed by atoms with E-state index in [1.807, 2.05) is 18.2 Å². The summed E-state index contributed by atoms with van der Waals surface area (Å²) in [4.78, 5) is 0. The van der Waals surface area contributed by atoms with E-state index in [0.717, 1.165) is 24.3 Å². The number of rotatable bonds is 7. The zero-order chi connectivity index (χ0) is 14.4. The summed E-state index contributed by atoms with van der Waals surface area (Å²) in [6.07, 6.45) is 6.16. The van der Waals surface area contributed by atoms with Crippen molar-refractivity contribution in [2.45, 2.75) is 51.2 Å². The minimum atomic E-state index is -0.0318. The van der Waals surface area contributed by atoms with E-state index in [0.29, 0.717) is 5.92 Å². The van der Waals surface area contributed by atoms with Gasteiger partial charge in [0.1, 0.15) is 5.75 Å². The van der Waals surface area contributed by atoms with Crippen LogP contribution in [0.3, 0.4) is 0 Å². The quantitative estimate of drug-likeness (QED) is 0.827. The molecule has 0 heterocycles. The van der Waals surface area contributed by atoms with E-state index < -0.39 is 0 Å². The molecule has 2 unspecified atom stereocenters. The number of methoxy groups -OCH3 is 1. The molecular formula is C17H27NO2. The summed E-state index contributed by atoms with van der Waals surface area (Å²) in [5, 5.41) is 0. The largest absolute Gasteiger partial charge is 0.497 e. The van der Waals surface area contributed by atoms with Gasteiger partial charge in [-0.3, -0.25) is 0 Å². The molecule has 1 aromatic carbocycles. The molecule has 3 heteroatoms. The van der Waals surface area contributed by atoms with Crippen molar-refractivity contribution in [3.05, 3.63) is 29.8 Å². The SMILES string of the molecule is CCC(N)C(OCC1CCCC1)c1cccc(OC)c1. The predicted molar refractivity (Wildman–Crippen MR) is 81.9 cm³/mol. The second-order valence-corrected chi connectivity index (χ2v) is 5.75. The minimum Gasteiger partial charge on any atom is -0.497 e. The molecular weight excluding hydrogens is 250 g/mol. The van der Waals surface area contributed by atoms with E-state index in [4.69, 9.17) is 15.2 Å². The van der Waals surface area contributed by atoms with Crippen molar-refractivity contribution >= 4 is 0 Å². The van der Waals surface area contributed by atoms with Crippen LogP contribution in [0.5, 0.6) is 5.75 Å². The van der Waals surface area contributed by atoms with Crippen LogP contribution in [-0.2, 0) is 4.74 Å². The third-order valence-electron chi connectivity index (χ3n) is 4.27. The van der Waals surface area contributed by atoms with Gasteiger partial charge in [-0.25, -0.2) is 0 Å². The van der Waals surface area contributed by atoms with Gasteiger partial charge < -0.3 is 15.2 Å². The van der Waals surface area contributed by atoms with E-state index in [1.165, 1.54) is 25.7 Å². The van der Waals surface area contributed by atoms with E-state index in [2.05, 4.69) is 13.0 Å². The molecule has 20 heavy (non-hydrogen) atoms. The van der Waals surface area contributed by atoms with E-state index in [-0.39, 0.29) is 12.1 Å². The van der Waals surface area contributed by atoms with Gasteiger partial charge in [-0.05, 0) is 42.9 Å². The van der Waals surface area contributed by atoms with Crippen LogP contribution in [0.2, 0.25) is 0 Å². The average Bonchev–Trinajstić information content (AvgIpc) is 3.00. The van der Waals surface area contributed by atoms with Gasteiger partial charge in [-0.1, -0.05) is 31.9 Å². The monoisotopic (exact) mass is 277 g/mol. The summed E-state index contributed by atoms with van der Waals surface area (Å²) in [5.41, 5.74) is 7.38. The Kier molecular flexibility index (Phi) is 5.86. The molecule has 0 spiro atoms. The molecule has 3 nitrogen and oxygen atoms in total. The van der Waals surface area contributed by atoms with Crippen molar-refractivity contribution in [2.75, 3.05) is 13.7 Å². The normalized spacial score (nSPS) is 18.9. The lowest BCUT2D eigenvalue weighted by Crippen LogP contribution is -2.30. The topological polar surface area (TPSA) is 44.5 Å². The molecule has 0 amide bonds. The Balaban J connectivity index is 2.05. The lowest BCUT2D eigenvalue weighted by atomic mass is 10.00. The molecule has 2 N–H and O–H groups in total. The Bertz CT molecular complexity index is 402. The Hall–Kier alpha value is -1.06. The minimum absolute atomic E-state index is 0.0310. The molecule has 0 saturated heterocycles. The maximum Gasteiger partial charge on any atom is 0.119 e. The van der Waals surface area contributed by atoms with E-state index in [1.54, 1.807) is 7.11 Å². The molecule has 1 saturated carbocycles. The van der Waals surface area contributed by atoms with Gasteiger partial charge in [0.25, 0.3) is 0 Å². The average molecular weight is 277 g/mol. The fourth-order valence-electron chi connectivity index (χ4n) is 2.92. The van der Waals surface area contributed by atoms with Crippen molar-refractivity contribution in [3.63, 3.8) is 0 Å². The number of ether oxygens (including phenoxy) is 2. The standard InChI is InChI=1S/C17H27NO2/c1-3-16(18)17(20-12-13-7-4-5-8-13)14-9-6-10-15(11-14)19-2/h6,9-11,13,16-17H,3-5,7-8,12,18H2,1-2H3. The first-order valence-electron chi connectivity index (χ1n) is 7.75. The van der Waals surface area contributed by atoms with Gasteiger partial charge in [-0.2, -0.15) is 0 Å². The van der Waals surface area contributed by atoms with Crippen LogP contribution < -0.4 is 10.5 Å².